The summed E-state index contributed by atoms with van der Waals surface area (Å²) in [5.41, 5.74) is 2.71. The molecule has 3 aromatic rings. The number of aromatic carboxylic acids is 1. The molecule has 2 aromatic carbocycles. The van der Waals surface area contributed by atoms with Crippen molar-refractivity contribution in [3.63, 3.8) is 0 Å². The van der Waals surface area contributed by atoms with Crippen molar-refractivity contribution in [2.24, 2.45) is 0 Å². The Labute approximate surface area is 149 Å². The highest BCUT2D eigenvalue weighted by molar-refractivity contribution is 7.98. The van der Waals surface area contributed by atoms with E-state index >= 15 is 0 Å². The van der Waals surface area contributed by atoms with Gasteiger partial charge in [-0.2, -0.15) is 0 Å². The molecule has 0 spiro atoms. The van der Waals surface area contributed by atoms with Crippen molar-refractivity contribution in [3.8, 4) is 11.3 Å². The highest BCUT2D eigenvalue weighted by Crippen LogP contribution is 2.28. The molecular weight excluding hydrogens is 336 g/mol. The molecule has 25 heavy (non-hydrogen) atoms. The van der Waals surface area contributed by atoms with Gasteiger partial charge in [0.15, 0.2) is 0 Å². The molecule has 5 nitrogen and oxygen atoms in total. The number of hydrogen-bond acceptors (Lipinski definition) is 4. The van der Waals surface area contributed by atoms with Crippen LogP contribution in [0, 0.1) is 0 Å². The minimum atomic E-state index is -1.01. The third-order valence-electron chi connectivity index (χ3n) is 3.75. The van der Waals surface area contributed by atoms with Crippen LogP contribution in [-0.2, 0) is 4.79 Å². The topological polar surface area (TPSA) is 79.3 Å². The van der Waals surface area contributed by atoms with Gasteiger partial charge in [0.05, 0.1) is 16.8 Å². The summed E-state index contributed by atoms with van der Waals surface area (Å²) in [5, 5.41) is 12.8. The van der Waals surface area contributed by atoms with Crippen LogP contribution in [0.3, 0.4) is 0 Å². The number of carbonyl (C=O) groups is 2. The number of aromatic nitrogens is 1. The molecule has 3 rings (SSSR count). The number of benzene rings is 2. The molecule has 1 amide bonds. The van der Waals surface area contributed by atoms with E-state index in [0.717, 1.165) is 10.5 Å². The zero-order valence-electron chi connectivity index (χ0n) is 13.7. The smallest absolute Gasteiger partial charge is 0.336 e. The SMILES string of the molecule is CSc1ccc(-c2cc(C(=O)O)c3ccc(NC(C)=O)cc3n2)cc1. The molecule has 1 heterocycles. The summed E-state index contributed by atoms with van der Waals surface area (Å²) in [6.45, 7) is 1.42. The van der Waals surface area contributed by atoms with E-state index in [1.54, 1.807) is 36.0 Å². The summed E-state index contributed by atoms with van der Waals surface area (Å²) in [6, 6.07) is 14.4. The van der Waals surface area contributed by atoms with Gasteiger partial charge in [0.1, 0.15) is 0 Å². The number of hydrogen-bond donors (Lipinski definition) is 2. The number of amides is 1. The van der Waals surface area contributed by atoms with Crippen LogP contribution in [0.4, 0.5) is 5.69 Å². The van der Waals surface area contributed by atoms with Crippen LogP contribution in [0.5, 0.6) is 0 Å². The molecular formula is C19H16N2O3S. The zero-order chi connectivity index (χ0) is 18.0. The van der Waals surface area contributed by atoms with Crippen LogP contribution in [0.25, 0.3) is 22.2 Å². The van der Waals surface area contributed by atoms with Gasteiger partial charge in [-0.3, -0.25) is 4.79 Å². The van der Waals surface area contributed by atoms with Gasteiger partial charge in [0, 0.05) is 28.5 Å². The number of fused-ring (bicyclic) bond motifs is 1. The van der Waals surface area contributed by atoms with Crippen LogP contribution < -0.4 is 5.32 Å². The van der Waals surface area contributed by atoms with Crippen molar-refractivity contribution in [2.75, 3.05) is 11.6 Å². The summed E-state index contributed by atoms with van der Waals surface area (Å²) >= 11 is 1.64. The highest BCUT2D eigenvalue weighted by atomic mass is 32.2. The van der Waals surface area contributed by atoms with Gasteiger partial charge in [0.2, 0.25) is 5.91 Å². The molecule has 0 saturated carbocycles. The average Bonchev–Trinajstić information content (AvgIpc) is 2.60. The average molecular weight is 352 g/mol. The lowest BCUT2D eigenvalue weighted by Crippen LogP contribution is -2.06. The quantitative estimate of drug-likeness (QED) is 0.685. The first-order valence-electron chi connectivity index (χ1n) is 7.58. The second kappa shape index (κ2) is 6.94. The van der Waals surface area contributed by atoms with Crippen molar-refractivity contribution >= 4 is 40.2 Å². The van der Waals surface area contributed by atoms with Gasteiger partial charge in [-0.25, -0.2) is 9.78 Å². The largest absolute Gasteiger partial charge is 0.478 e. The summed E-state index contributed by atoms with van der Waals surface area (Å²) in [6.07, 6.45) is 2.00. The van der Waals surface area contributed by atoms with E-state index in [1.165, 1.54) is 6.92 Å². The second-order valence-electron chi connectivity index (χ2n) is 5.50. The first-order chi connectivity index (χ1) is 12.0. The molecule has 0 radical (unpaired) electrons. The Morgan fingerprint density at radius 1 is 1.08 bits per heavy atom. The van der Waals surface area contributed by atoms with Gasteiger partial charge in [-0.05, 0) is 42.7 Å². The molecule has 1 aromatic heterocycles. The number of thioether (sulfide) groups is 1. The molecule has 0 aliphatic carbocycles. The predicted octanol–water partition coefficient (Wildman–Crippen LogP) is 4.28. The lowest BCUT2D eigenvalue weighted by molar-refractivity contribution is -0.114. The van der Waals surface area contributed by atoms with E-state index in [-0.39, 0.29) is 11.5 Å². The number of carboxylic acids is 1. The Kier molecular flexibility index (Phi) is 4.72. The standard InChI is InChI=1S/C19H16N2O3S/c1-11(22)20-13-5-8-15-16(19(23)24)10-17(21-18(15)9-13)12-3-6-14(25-2)7-4-12/h3-10H,1-2H3,(H,20,22)(H,23,24). The molecule has 6 heteroatoms. The van der Waals surface area contributed by atoms with E-state index in [2.05, 4.69) is 10.3 Å². The molecule has 0 aliphatic rings. The van der Waals surface area contributed by atoms with Gasteiger partial charge in [-0.1, -0.05) is 12.1 Å². The fourth-order valence-electron chi connectivity index (χ4n) is 2.60. The molecule has 126 valence electrons. The number of nitrogens with zero attached hydrogens (tertiary/aromatic N) is 1. The predicted molar refractivity (Wildman–Crippen MR) is 100 cm³/mol. The van der Waals surface area contributed by atoms with Gasteiger partial charge < -0.3 is 10.4 Å². The molecule has 2 N–H and O–H groups in total. The Morgan fingerprint density at radius 3 is 2.40 bits per heavy atom. The molecule has 0 saturated heterocycles. The van der Waals surface area contributed by atoms with Crippen molar-refractivity contribution in [3.05, 3.63) is 54.1 Å². The summed E-state index contributed by atoms with van der Waals surface area (Å²) in [5.74, 6) is -1.21. The molecule has 0 unspecified atom stereocenters. The third kappa shape index (κ3) is 3.64. The number of anilines is 1. The van der Waals surface area contributed by atoms with Crippen molar-refractivity contribution in [2.45, 2.75) is 11.8 Å². The Balaban J connectivity index is 2.17. The van der Waals surface area contributed by atoms with Gasteiger partial charge in [0.25, 0.3) is 0 Å². The Hall–Kier alpha value is -2.86. The summed E-state index contributed by atoms with van der Waals surface area (Å²) < 4.78 is 0. The third-order valence-corrected chi connectivity index (χ3v) is 4.49. The summed E-state index contributed by atoms with van der Waals surface area (Å²) in [7, 11) is 0. The van der Waals surface area contributed by atoms with Crippen LogP contribution in [0.2, 0.25) is 0 Å². The van der Waals surface area contributed by atoms with Crippen molar-refractivity contribution < 1.29 is 14.7 Å². The monoisotopic (exact) mass is 352 g/mol. The van der Waals surface area contributed by atoms with Crippen LogP contribution in [0.1, 0.15) is 17.3 Å². The maximum absolute atomic E-state index is 11.7. The lowest BCUT2D eigenvalue weighted by Gasteiger charge is -2.09. The number of nitrogens with one attached hydrogen (secondary N) is 1. The molecule has 0 atom stereocenters. The highest BCUT2D eigenvalue weighted by Gasteiger charge is 2.13. The van der Waals surface area contributed by atoms with E-state index in [9.17, 15) is 14.7 Å². The minimum Gasteiger partial charge on any atom is -0.478 e. The molecule has 0 fully saturated rings. The second-order valence-corrected chi connectivity index (χ2v) is 6.38. The maximum atomic E-state index is 11.7. The van der Waals surface area contributed by atoms with E-state index < -0.39 is 5.97 Å². The van der Waals surface area contributed by atoms with Gasteiger partial charge >= 0.3 is 5.97 Å². The fourth-order valence-corrected chi connectivity index (χ4v) is 3.00. The lowest BCUT2D eigenvalue weighted by atomic mass is 10.0. The van der Waals surface area contributed by atoms with E-state index in [0.29, 0.717) is 22.3 Å². The fraction of sp³-hybridized carbons (Fsp3) is 0.105. The first kappa shape index (κ1) is 17.0. The van der Waals surface area contributed by atoms with Crippen LogP contribution in [0.15, 0.2) is 53.4 Å². The number of pyridine rings is 1. The Bertz CT molecular complexity index is 968. The number of rotatable bonds is 4. The minimum absolute atomic E-state index is 0.184. The molecule has 0 bridgehead atoms. The normalized spacial score (nSPS) is 10.6. The van der Waals surface area contributed by atoms with Crippen molar-refractivity contribution in [1.82, 2.24) is 4.98 Å². The molecule has 0 aliphatic heterocycles. The summed E-state index contributed by atoms with van der Waals surface area (Å²) in [4.78, 5) is 28.6. The Morgan fingerprint density at radius 2 is 1.80 bits per heavy atom. The first-order valence-corrected chi connectivity index (χ1v) is 8.80. The van der Waals surface area contributed by atoms with Crippen LogP contribution >= 0.6 is 11.8 Å². The van der Waals surface area contributed by atoms with Crippen LogP contribution in [-0.4, -0.2) is 28.2 Å². The van der Waals surface area contributed by atoms with E-state index in [4.69, 9.17) is 0 Å². The number of carbonyl (C=O) groups excluding carboxylic acids is 1. The van der Waals surface area contributed by atoms with E-state index in [1.807, 2.05) is 30.5 Å². The number of carboxylic acid groups (broad SMARTS) is 1. The van der Waals surface area contributed by atoms with Gasteiger partial charge in [-0.15, -0.1) is 11.8 Å². The maximum Gasteiger partial charge on any atom is 0.336 e. The zero-order valence-corrected chi connectivity index (χ0v) is 14.6. The van der Waals surface area contributed by atoms with Crippen molar-refractivity contribution in [1.29, 1.82) is 0 Å².